The van der Waals surface area contributed by atoms with Crippen LogP contribution in [0.1, 0.15) is 24.8 Å². The van der Waals surface area contributed by atoms with Gasteiger partial charge < -0.3 is 0 Å². The van der Waals surface area contributed by atoms with Crippen molar-refractivity contribution in [3.05, 3.63) is 50.9 Å². The smallest absolute Gasteiger partial charge is 0.258 e. The molecule has 0 aliphatic rings. The van der Waals surface area contributed by atoms with Crippen LogP contribution >= 0.6 is 0 Å². The summed E-state index contributed by atoms with van der Waals surface area (Å²) in [5, 5.41) is 21.3. The lowest BCUT2D eigenvalue weighted by atomic mass is 10.1. The molecule has 0 N–H and O–H groups in total. The molecular formula is C11H13N2O4. The Morgan fingerprint density at radius 1 is 1.06 bits per heavy atom. The third-order valence-electron chi connectivity index (χ3n) is 2.40. The van der Waals surface area contributed by atoms with Gasteiger partial charge in [-0.1, -0.05) is 25.8 Å². The van der Waals surface area contributed by atoms with Crippen molar-refractivity contribution >= 4 is 11.4 Å². The van der Waals surface area contributed by atoms with Crippen molar-refractivity contribution in [3.63, 3.8) is 0 Å². The molecule has 91 valence electrons. The lowest BCUT2D eigenvalue weighted by molar-refractivity contribution is -0.422. The fraction of sp³-hybridized carbons (Fsp3) is 0.364. The van der Waals surface area contributed by atoms with Crippen LogP contribution in [0.5, 0.6) is 0 Å². The number of nitrogens with zero attached hydrogens (tertiary/aromatic N) is 2. The molecule has 6 heteroatoms. The Labute approximate surface area is 98.6 Å². The van der Waals surface area contributed by atoms with Crippen LogP contribution < -0.4 is 0 Å². The molecule has 1 aromatic carbocycles. The normalized spacial score (nSPS) is 10.2. The Kier molecular flexibility index (Phi) is 4.56. The predicted octanol–water partition coefficient (Wildman–Crippen LogP) is 3.05. The molecule has 0 saturated carbocycles. The zero-order valence-electron chi connectivity index (χ0n) is 9.30. The Balaban J connectivity index is 2.94. The second kappa shape index (κ2) is 5.93. The van der Waals surface area contributed by atoms with E-state index >= 15 is 0 Å². The van der Waals surface area contributed by atoms with Crippen molar-refractivity contribution < 1.29 is 9.85 Å². The lowest BCUT2D eigenvalue weighted by Gasteiger charge is -2.01. The minimum Gasteiger partial charge on any atom is -0.258 e. The number of hydrogen-bond acceptors (Lipinski definition) is 4. The standard InChI is InChI=1S/C11H13N2O4/c1-2-3-4-5-9-6-7-10(12(14)15)11(8-9)13(16)17/h6-8H,1-5H2. The van der Waals surface area contributed by atoms with Crippen LogP contribution in [0, 0.1) is 27.2 Å². The molecule has 17 heavy (non-hydrogen) atoms. The molecule has 0 spiro atoms. The maximum Gasteiger partial charge on any atom is 0.346 e. The molecule has 1 radical (unpaired) electrons. The molecule has 0 aliphatic carbocycles. The molecular weight excluding hydrogens is 224 g/mol. The zero-order chi connectivity index (χ0) is 12.8. The van der Waals surface area contributed by atoms with Crippen molar-refractivity contribution in [2.24, 2.45) is 0 Å². The van der Waals surface area contributed by atoms with Gasteiger partial charge in [-0.25, -0.2) is 0 Å². The minimum atomic E-state index is -0.738. The molecule has 0 heterocycles. The zero-order valence-corrected chi connectivity index (χ0v) is 9.30. The van der Waals surface area contributed by atoms with E-state index in [9.17, 15) is 20.2 Å². The number of hydrogen-bond donors (Lipinski definition) is 0. The average molecular weight is 237 g/mol. The summed E-state index contributed by atoms with van der Waals surface area (Å²) in [7, 11) is 0. The molecule has 0 fully saturated rings. The number of benzene rings is 1. The largest absolute Gasteiger partial charge is 0.346 e. The summed E-state index contributed by atoms with van der Waals surface area (Å²) in [6.45, 7) is 3.70. The molecule has 1 rings (SSSR count). The Morgan fingerprint density at radius 2 is 1.71 bits per heavy atom. The SMILES string of the molecule is [CH2]CCCCc1ccc([N+](=O)[O-])c([N+](=O)[O-])c1. The van der Waals surface area contributed by atoms with Crippen molar-refractivity contribution in [2.45, 2.75) is 25.7 Å². The molecule has 0 amide bonds. The van der Waals surface area contributed by atoms with Gasteiger partial charge in [0.15, 0.2) is 0 Å². The van der Waals surface area contributed by atoms with Crippen molar-refractivity contribution in [2.75, 3.05) is 0 Å². The first-order valence-electron chi connectivity index (χ1n) is 5.27. The van der Waals surface area contributed by atoms with E-state index in [0.717, 1.165) is 24.8 Å². The van der Waals surface area contributed by atoms with Crippen molar-refractivity contribution in [1.82, 2.24) is 0 Å². The predicted molar refractivity (Wildman–Crippen MR) is 62.7 cm³/mol. The Morgan fingerprint density at radius 3 is 2.24 bits per heavy atom. The van der Waals surface area contributed by atoms with Gasteiger partial charge in [0, 0.05) is 12.1 Å². The molecule has 0 aromatic heterocycles. The van der Waals surface area contributed by atoms with Gasteiger partial charge in [0.05, 0.1) is 9.85 Å². The first-order valence-corrected chi connectivity index (χ1v) is 5.27. The van der Waals surface area contributed by atoms with E-state index in [0.29, 0.717) is 6.42 Å². The van der Waals surface area contributed by atoms with Gasteiger partial charge in [-0.2, -0.15) is 0 Å². The molecule has 6 nitrogen and oxygen atoms in total. The summed E-state index contributed by atoms with van der Waals surface area (Å²) >= 11 is 0. The van der Waals surface area contributed by atoms with Crippen LogP contribution in [0.3, 0.4) is 0 Å². The summed E-state index contributed by atoms with van der Waals surface area (Å²) in [5.41, 5.74) is -0.159. The fourth-order valence-corrected chi connectivity index (χ4v) is 1.53. The second-order valence-corrected chi connectivity index (χ2v) is 3.65. The van der Waals surface area contributed by atoms with E-state index < -0.39 is 21.2 Å². The average Bonchev–Trinajstić information content (AvgIpc) is 2.29. The fourth-order valence-electron chi connectivity index (χ4n) is 1.53. The summed E-state index contributed by atoms with van der Waals surface area (Å²) < 4.78 is 0. The highest BCUT2D eigenvalue weighted by Gasteiger charge is 2.23. The first-order chi connectivity index (χ1) is 8.06. The third-order valence-corrected chi connectivity index (χ3v) is 2.40. The summed E-state index contributed by atoms with van der Waals surface area (Å²) in [5.74, 6) is 0. The van der Waals surface area contributed by atoms with E-state index in [1.165, 1.54) is 12.1 Å². The Hall–Kier alpha value is -1.98. The highest BCUT2D eigenvalue weighted by Crippen LogP contribution is 2.28. The van der Waals surface area contributed by atoms with Crippen LogP contribution in [0.2, 0.25) is 0 Å². The molecule has 0 atom stereocenters. The Bertz CT molecular complexity index is 431. The number of rotatable bonds is 6. The summed E-state index contributed by atoms with van der Waals surface area (Å²) in [6, 6.07) is 4.03. The van der Waals surface area contributed by atoms with Gasteiger partial charge in [-0.3, -0.25) is 20.2 Å². The van der Waals surface area contributed by atoms with E-state index in [-0.39, 0.29) is 0 Å². The lowest BCUT2D eigenvalue weighted by Crippen LogP contribution is -1.98. The maximum absolute atomic E-state index is 10.7. The molecule has 0 unspecified atom stereocenters. The maximum atomic E-state index is 10.7. The quantitative estimate of drug-likeness (QED) is 0.432. The van der Waals surface area contributed by atoms with Crippen LogP contribution in [-0.2, 0) is 6.42 Å². The number of nitro benzene ring substituents is 2. The number of unbranched alkanes of at least 4 members (excludes halogenated alkanes) is 2. The van der Waals surface area contributed by atoms with E-state index in [2.05, 4.69) is 6.92 Å². The van der Waals surface area contributed by atoms with Crippen molar-refractivity contribution in [1.29, 1.82) is 0 Å². The highest BCUT2D eigenvalue weighted by atomic mass is 16.6. The minimum absolute atomic E-state index is 0.442. The van der Waals surface area contributed by atoms with Gasteiger partial charge in [-0.05, 0) is 18.4 Å². The van der Waals surface area contributed by atoms with Crippen LogP contribution in [0.25, 0.3) is 0 Å². The van der Waals surface area contributed by atoms with Crippen LogP contribution in [-0.4, -0.2) is 9.85 Å². The summed E-state index contributed by atoms with van der Waals surface area (Å²) in [6.07, 6.45) is 3.30. The molecule has 0 aliphatic heterocycles. The van der Waals surface area contributed by atoms with E-state index in [1.54, 1.807) is 6.07 Å². The highest BCUT2D eigenvalue weighted by molar-refractivity contribution is 5.54. The third kappa shape index (κ3) is 3.51. The van der Waals surface area contributed by atoms with Gasteiger partial charge in [-0.15, -0.1) is 0 Å². The summed E-state index contributed by atoms with van der Waals surface area (Å²) in [4.78, 5) is 19.8. The monoisotopic (exact) mass is 237 g/mol. The van der Waals surface area contributed by atoms with Gasteiger partial charge in [0.1, 0.15) is 0 Å². The first kappa shape index (κ1) is 13.1. The van der Waals surface area contributed by atoms with Crippen LogP contribution in [0.4, 0.5) is 11.4 Å². The number of aryl methyl sites for hydroxylation is 1. The van der Waals surface area contributed by atoms with E-state index in [4.69, 9.17) is 0 Å². The number of nitro groups is 2. The topological polar surface area (TPSA) is 86.3 Å². The van der Waals surface area contributed by atoms with Gasteiger partial charge >= 0.3 is 11.4 Å². The van der Waals surface area contributed by atoms with Crippen LogP contribution in [0.15, 0.2) is 18.2 Å². The molecule has 0 saturated heterocycles. The molecule has 0 bridgehead atoms. The second-order valence-electron chi connectivity index (χ2n) is 3.65. The van der Waals surface area contributed by atoms with Gasteiger partial charge in [0.2, 0.25) is 0 Å². The molecule has 1 aromatic rings. The van der Waals surface area contributed by atoms with E-state index in [1.807, 2.05) is 0 Å². The van der Waals surface area contributed by atoms with Gasteiger partial charge in [0.25, 0.3) is 0 Å². The van der Waals surface area contributed by atoms with Crippen molar-refractivity contribution in [3.8, 4) is 0 Å².